The molecule has 1 heterocycles. The van der Waals surface area contributed by atoms with E-state index in [0.717, 1.165) is 12.1 Å². The van der Waals surface area contributed by atoms with Crippen molar-refractivity contribution in [2.75, 3.05) is 12.1 Å². The fourth-order valence-electron chi connectivity index (χ4n) is 3.49. The molecule has 2 aromatic rings. The Bertz CT molecular complexity index is 1100. The van der Waals surface area contributed by atoms with Crippen LogP contribution >= 0.6 is 0 Å². The first-order valence-electron chi connectivity index (χ1n) is 9.30. The molecule has 33 heavy (non-hydrogen) atoms. The van der Waals surface area contributed by atoms with E-state index in [0.29, 0.717) is 0 Å². The summed E-state index contributed by atoms with van der Waals surface area (Å²) in [5.74, 6) is -8.87. The molecular formula is C21H14F7N3O2. The molecule has 1 aliphatic heterocycles. The number of methoxy groups -OCH3 is 1. The summed E-state index contributed by atoms with van der Waals surface area (Å²) in [6, 6.07) is 9.47. The molecule has 3 rings (SSSR count). The SMILES string of the molecule is COC(CC1C(=O)N(c2ccccc2)N=C1C#N)c1c(F)c(C(F)F)c(F)c(C(F)F)c1F. The van der Waals surface area contributed by atoms with Gasteiger partial charge in [-0.1, -0.05) is 18.2 Å². The van der Waals surface area contributed by atoms with Crippen LogP contribution in [0.3, 0.4) is 0 Å². The number of hydrogen-bond donors (Lipinski definition) is 0. The van der Waals surface area contributed by atoms with Crippen molar-refractivity contribution in [1.29, 1.82) is 5.26 Å². The topological polar surface area (TPSA) is 65.7 Å². The molecule has 0 spiro atoms. The molecular weight excluding hydrogens is 459 g/mol. The molecule has 5 nitrogen and oxygen atoms in total. The molecule has 0 aliphatic carbocycles. The lowest BCUT2D eigenvalue weighted by atomic mass is 9.90. The highest BCUT2D eigenvalue weighted by molar-refractivity contribution is 6.21. The van der Waals surface area contributed by atoms with Crippen molar-refractivity contribution >= 4 is 17.3 Å². The van der Waals surface area contributed by atoms with E-state index in [1.165, 1.54) is 12.1 Å². The zero-order valence-electron chi connectivity index (χ0n) is 16.7. The van der Waals surface area contributed by atoms with Crippen molar-refractivity contribution in [3.05, 3.63) is 64.5 Å². The lowest BCUT2D eigenvalue weighted by molar-refractivity contribution is -0.120. The molecule has 2 unspecified atom stereocenters. The van der Waals surface area contributed by atoms with Gasteiger partial charge in [-0.2, -0.15) is 15.4 Å². The van der Waals surface area contributed by atoms with Crippen LogP contribution in [0, 0.1) is 34.7 Å². The van der Waals surface area contributed by atoms with Crippen LogP contribution in [0.15, 0.2) is 35.4 Å². The monoisotopic (exact) mass is 473 g/mol. The zero-order chi connectivity index (χ0) is 24.4. The van der Waals surface area contributed by atoms with Crippen molar-refractivity contribution in [1.82, 2.24) is 0 Å². The predicted octanol–water partition coefficient (Wildman–Crippen LogP) is 5.60. The number of alkyl halides is 4. The van der Waals surface area contributed by atoms with E-state index < -0.39 is 71.3 Å². The summed E-state index contributed by atoms with van der Waals surface area (Å²) in [4.78, 5) is 12.8. The third-order valence-corrected chi connectivity index (χ3v) is 5.07. The largest absolute Gasteiger partial charge is 0.377 e. The lowest BCUT2D eigenvalue weighted by Crippen LogP contribution is -2.29. The van der Waals surface area contributed by atoms with Gasteiger partial charge in [0.05, 0.1) is 34.4 Å². The second-order valence-electron chi connectivity index (χ2n) is 6.88. The quantitative estimate of drug-likeness (QED) is 0.492. The molecule has 0 radical (unpaired) electrons. The third kappa shape index (κ3) is 4.28. The maximum atomic E-state index is 14.7. The van der Waals surface area contributed by atoms with Gasteiger partial charge in [0.1, 0.15) is 23.5 Å². The number of hydrogen-bond acceptors (Lipinski definition) is 4. The van der Waals surface area contributed by atoms with Crippen molar-refractivity contribution in [2.24, 2.45) is 11.0 Å². The Balaban J connectivity index is 2.07. The van der Waals surface area contributed by atoms with Gasteiger partial charge in [-0.05, 0) is 18.6 Å². The van der Waals surface area contributed by atoms with E-state index in [9.17, 15) is 40.8 Å². The van der Waals surface area contributed by atoms with Crippen LogP contribution < -0.4 is 5.01 Å². The zero-order valence-corrected chi connectivity index (χ0v) is 16.7. The normalized spacial score (nSPS) is 17.0. The maximum absolute atomic E-state index is 14.7. The van der Waals surface area contributed by atoms with Crippen LogP contribution in [0.4, 0.5) is 36.4 Å². The van der Waals surface area contributed by atoms with Gasteiger partial charge in [-0.3, -0.25) is 4.79 Å². The number of ether oxygens (including phenoxy) is 1. The third-order valence-electron chi connectivity index (χ3n) is 5.07. The lowest BCUT2D eigenvalue weighted by Gasteiger charge is -2.23. The van der Waals surface area contributed by atoms with E-state index >= 15 is 0 Å². The smallest absolute Gasteiger partial charge is 0.269 e. The molecule has 174 valence electrons. The summed E-state index contributed by atoms with van der Waals surface area (Å²) >= 11 is 0. The van der Waals surface area contributed by atoms with Gasteiger partial charge in [-0.25, -0.2) is 30.7 Å². The molecule has 0 N–H and O–H groups in total. The molecule has 1 amide bonds. The van der Waals surface area contributed by atoms with Gasteiger partial charge in [0.2, 0.25) is 0 Å². The summed E-state index contributed by atoms with van der Waals surface area (Å²) in [7, 11) is 0.884. The average Bonchev–Trinajstić information content (AvgIpc) is 3.08. The van der Waals surface area contributed by atoms with Crippen LogP contribution in [0.25, 0.3) is 0 Å². The maximum Gasteiger partial charge on any atom is 0.269 e. The summed E-state index contributed by atoms with van der Waals surface area (Å²) in [6.45, 7) is 0. The van der Waals surface area contributed by atoms with Gasteiger partial charge in [0.15, 0.2) is 5.71 Å². The summed E-state index contributed by atoms with van der Waals surface area (Å²) in [5.41, 5.74) is -5.58. The molecule has 0 saturated heterocycles. The second-order valence-corrected chi connectivity index (χ2v) is 6.88. The Morgan fingerprint density at radius 2 is 1.52 bits per heavy atom. The molecule has 0 saturated carbocycles. The Labute approximate surface area is 182 Å². The molecule has 12 heteroatoms. The first-order valence-corrected chi connectivity index (χ1v) is 9.30. The predicted molar refractivity (Wildman–Crippen MR) is 101 cm³/mol. The Morgan fingerprint density at radius 3 is 1.97 bits per heavy atom. The van der Waals surface area contributed by atoms with Crippen LogP contribution in [-0.2, 0) is 9.53 Å². The van der Waals surface area contributed by atoms with Crippen molar-refractivity contribution in [3.8, 4) is 6.07 Å². The highest BCUT2D eigenvalue weighted by Gasteiger charge is 2.42. The Hall–Kier alpha value is -3.46. The summed E-state index contributed by atoms with van der Waals surface area (Å²) < 4.78 is 101. The van der Waals surface area contributed by atoms with Gasteiger partial charge < -0.3 is 4.74 Å². The minimum Gasteiger partial charge on any atom is -0.377 e. The van der Waals surface area contributed by atoms with Gasteiger partial charge in [0, 0.05) is 7.11 Å². The number of nitriles is 1. The number of benzene rings is 2. The molecule has 0 fully saturated rings. The molecule has 2 aromatic carbocycles. The fourth-order valence-corrected chi connectivity index (χ4v) is 3.49. The van der Waals surface area contributed by atoms with E-state index in [4.69, 9.17) is 4.74 Å². The first kappa shape index (κ1) is 24.2. The summed E-state index contributed by atoms with van der Waals surface area (Å²) in [6.07, 6.45) is -10.4. The minimum atomic E-state index is -3.88. The van der Waals surface area contributed by atoms with Crippen LogP contribution in [0.2, 0.25) is 0 Å². The van der Waals surface area contributed by atoms with Crippen molar-refractivity contribution in [2.45, 2.75) is 25.4 Å². The van der Waals surface area contributed by atoms with Gasteiger partial charge in [0.25, 0.3) is 18.8 Å². The Kier molecular flexibility index (Phi) is 7.02. The number of amides is 1. The fraction of sp³-hybridized carbons (Fsp3) is 0.286. The number of nitrogens with zero attached hydrogens (tertiary/aromatic N) is 3. The second kappa shape index (κ2) is 9.58. The van der Waals surface area contributed by atoms with Gasteiger partial charge >= 0.3 is 0 Å². The van der Waals surface area contributed by atoms with Crippen LogP contribution in [0.1, 0.15) is 42.1 Å². The molecule has 0 aromatic heterocycles. The number of anilines is 1. The number of halogens is 7. The average molecular weight is 473 g/mol. The van der Waals surface area contributed by atoms with E-state index in [1.807, 2.05) is 0 Å². The standard InChI is InChI=1S/C21H14F7N3O2/c1-33-12(13-16(22)14(19(25)26)18(24)15(17(13)23)20(27)28)7-10-11(8-29)30-31(21(10)32)9-5-3-2-4-6-9/h2-6,10,12,19-20H,7H2,1H3. The minimum absolute atomic E-state index is 0.269. The number of rotatable bonds is 7. The van der Waals surface area contributed by atoms with Crippen LogP contribution in [-0.4, -0.2) is 18.7 Å². The highest BCUT2D eigenvalue weighted by Crippen LogP contribution is 2.41. The Morgan fingerprint density at radius 1 is 1.00 bits per heavy atom. The van der Waals surface area contributed by atoms with Crippen LogP contribution in [0.5, 0.6) is 0 Å². The molecule has 1 aliphatic rings. The van der Waals surface area contributed by atoms with E-state index in [1.54, 1.807) is 24.3 Å². The van der Waals surface area contributed by atoms with E-state index in [-0.39, 0.29) is 11.4 Å². The van der Waals surface area contributed by atoms with Crippen molar-refractivity contribution < 1.29 is 40.3 Å². The number of hydrazone groups is 1. The van der Waals surface area contributed by atoms with Gasteiger partial charge in [-0.15, -0.1) is 0 Å². The first-order chi connectivity index (χ1) is 15.6. The number of carbonyl (C=O) groups is 1. The summed E-state index contributed by atoms with van der Waals surface area (Å²) in [5, 5.41) is 14.1. The number of carbonyl (C=O) groups excluding carboxylic acids is 1. The molecule has 2 atom stereocenters. The highest BCUT2D eigenvalue weighted by atomic mass is 19.3. The van der Waals surface area contributed by atoms with E-state index in [2.05, 4.69) is 5.10 Å². The molecule has 0 bridgehead atoms. The van der Waals surface area contributed by atoms with Crippen molar-refractivity contribution in [3.63, 3.8) is 0 Å². The number of para-hydroxylation sites is 1.